The molecule has 0 saturated carbocycles. The fourth-order valence-electron chi connectivity index (χ4n) is 0.576. The van der Waals surface area contributed by atoms with Crippen molar-refractivity contribution in [2.75, 3.05) is 5.75 Å². The van der Waals surface area contributed by atoms with Gasteiger partial charge in [-0.05, 0) is 5.92 Å². The first kappa shape index (κ1) is 10.4. The quantitative estimate of drug-likeness (QED) is 0.526. The molecule has 1 rings (SSSR count). The molecule has 0 aromatic carbocycles. The van der Waals surface area contributed by atoms with Crippen molar-refractivity contribution < 1.29 is 13.2 Å². The van der Waals surface area contributed by atoms with Gasteiger partial charge in [-0.25, -0.2) is 4.98 Å². The van der Waals surface area contributed by atoms with Crippen LogP contribution in [0.1, 0.15) is 10.7 Å². The number of halogens is 3. The summed E-state index contributed by atoms with van der Waals surface area (Å²) < 4.78 is 36.0. The Morgan fingerprint density at radius 1 is 1.54 bits per heavy atom. The van der Waals surface area contributed by atoms with E-state index in [4.69, 9.17) is 0 Å². The maximum atomic E-state index is 12.0. The summed E-state index contributed by atoms with van der Waals surface area (Å²) >= 11 is 4.67. The van der Waals surface area contributed by atoms with Gasteiger partial charge in [0.05, 0.1) is 5.75 Å². The summed E-state index contributed by atoms with van der Waals surface area (Å²) in [5, 5.41) is 1.11. The van der Waals surface area contributed by atoms with Crippen molar-refractivity contribution >= 4 is 24.0 Å². The van der Waals surface area contributed by atoms with Crippen LogP contribution in [0.5, 0.6) is 0 Å². The highest BCUT2D eigenvalue weighted by Gasteiger charge is 2.33. The molecule has 1 nitrogen and oxygen atoms in total. The lowest BCUT2D eigenvalue weighted by Gasteiger charge is -1.98. The molecule has 1 aromatic heterocycles. The van der Waals surface area contributed by atoms with Gasteiger partial charge in [0, 0.05) is 5.38 Å². The average molecular weight is 223 g/mol. The molecule has 0 atom stereocenters. The van der Waals surface area contributed by atoms with Crippen LogP contribution in [0.2, 0.25) is 0 Å². The van der Waals surface area contributed by atoms with Crippen LogP contribution in [-0.4, -0.2) is 10.7 Å². The second kappa shape index (κ2) is 4.03. The van der Waals surface area contributed by atoms with Crippen LogP contribution in [0.15, 0.2) is 5.38 Å². The molecule has 13 heavy (non-hydrogen) atoms. The monoisotopic (exact) mass is 223 g/mol. The third kappa shape index (κ3) is 2.94. The maximum absolute atomic E-state index is 12.0. The number of alkyl halides is 3. The Bertz CT molecular complexity index is 345. The summed E-state index contributed by atoms with van der Waals surface area (Å²) in [7, 11) is 0. The maximum Gasteiger partial charge on any atom is 0.434 e. The molecule has 0 N–H and O–H groups in total. The molecule has 0 fully saturated rings. The summed E-state index contributed by atoms with van der Waals surface area (Å²) in [4.78, 5) is 3.30. The molecule has 0 aliphatic rings. The van der Waals surface area contributed by atoms with Gasteiger partial charge in [0.25, 0.3) is 0 Å². The first-order chi connectivity index (χ1) is 6.04. The molecule has 0 bridgehead atoms. The van der Waals surface area contributed by atoms with Crippen molar-refractivity contribution in [3.05, 3.63) is 16.1 Å². The van der Waals surface area contributed by atoms with Gasteiger partial charge >= 0.3 is 6.18 Å². The molecule has 0 spiro atoms. The Kier molecular flexibility index (Phi) is 3.22. The highest BCUT2D eigenvalue weighted by Crippen LogP contribution is 2.29. The van der Waals surface area contributed by atoms with Crippen LogP contribution in [0, 0.1) is 11.8 Å². The van der Waals surface area contributed by atoms with Gasteiger partial charge in [-0.1, -0.05) is 5.92 Å². The van der Waals surface area contributed by atoms with Crippen LogP contribution in [0.25, 0.3) is 0 Å². The zero-order chi connectivity index (χ0) is 9.90. The van der Waals surface area contributed by atoms with Crippen molar-refractivity contribution in [2.24, 2.45) is 0 Å². The minimum atomic E-state index is -4.38. The van der Waals surface area contributed by atoms with E-state index in [1.54, 1.807) is 0 Å². The third-order valence-corrected chi connectivity index (χ3v) is 1.98. The Labute approximate surface area is 82.4 Å². The van der Waals surface area contributed by atoms with Gasteiger partial charge in [0.1, 0.15) is 0 Å². The standard InChI is InChI=1S/C7H4F3NS2/c8-7(9,10)5-4-13-6(11-5)2-1-3-12/h4,12H,3H2. The molecular weight excluding hydrogens is 219 g/mol. The number of hydrogen-bond donors (Lipinski definition) is 1. The Morgan fingerprint density at radius 3 is 2.69 bits per heavy atom. The molecule has 6 heteroatoms. The second-order valence-electron chi connectivity index (χ2n) is 2.00. The Hall–Kier alpha value is -0.670. The molecule has 0 unspecified atom stereocenters. The summed E-state index contributed by atoms with van der Waals surface area (Å²) in [5.41, 5.74) is -0.888. The van der Waals surface area contributed by atoms with Gasteiger partial charge in [-0.2, -0.15) is 25.8 Å². The lowest BCUT2D eigenvalue weighted by Crippen LogP contribution is -2.04. The van der Waals surface area contributed by atoms with E-state index in [0.717, 1.165) is 16.7 Å². The lowest BCUT2D eigenvalue weighted by atomic mass is 10.5. The van der Waals surface area contributed by atoms with Crippen LogP contribution >= 0.6 is 24.0 Å². The van der Waals surface area contributed by atoms with E-state index >= 15 is 0 Å². The Morgan fingerprint density at radius 2 is 2.23 bits per heavy atom. The van der Waals surface area contributed by atoms with Crippen molar-refractivity contribution in [1.29, 1.82) is 0 Å². The lowest BCUT2D eigenvalue weighted by molar-refractivity contribution is -0.140. The van der Waals surface area contributed by atoms with Gasteiger partial charge in [0.2, 0.25) is 0 Å². The van der Waals surface area contributed by atoms with E-state index in [2.05, 4.69) is 29.5 Å². The zero-order valence-corrected chi connectivity index (χ0v) is 7.93. The molecule has 70 valence electrons. The van der Waals surface area contributed by atoms with E-state index in [-0.39, 0.29) is 5.01 Å². The van der Waals surface area contributed by atoms with E-state index < -0.39 is 11.9 Å². The average Bonchev–Trinajstić information content (AvgIpc) is 2.47. The topological polar surface area (TPSA) is 12.9 Å². The minimum Gasteiger partial charge on any atom is -0.223 e. The fourth-order valence-corrected chi connectivity index (χ4v) is 1.35. The van der Waals surface area contributed by atoms with Crippen LogP contribution in [0.3, 0.4) is 0 Å². The summed E-state index contributed by atoms with van der Waals surface area (Å²) in [6.45, 7) is 0. The first-order valence-corrected chi connectivity index (χ1v) is 4.67. The van der Waals surface area contributed by atoms with Crippen molar-refractivity contribution in [3.8, 4) is 11.8 Å². The molecule has 0 amide bonds. The van der Waals surface area contributed by atoms with E-state index in [1.807, 2.05) is 0 Å². The highest BCUT2D eigenvalue weighted by atomic mass is 32.1. The molecule has 0 radical (unpaired) electrons. The zero-order valence-electron chi connectivity index (χ0n) is 6.22. The minimum absolute atomic E-state index is 0.168. The number of hydrogen-bond acceptors (Lipinski definition) is 3. The van der Waals surface area contributed by atoms with Gasteiger partial charge in [0.15, 0.2) is 10.7 Å². The fraction of sp³-hybridized carbons (Fsp3) is 0.286. The van der Waals surface area contributed by atoms with Crippen LogP contribution in [-0.2, 0) is 6.18 Å². The van der Waals surface area contributed by atoms with E-state index in [9.17, 15) is 13.2 Å². The van der Waals surface area contributed by atoms with Crippen LogP contribution < -0.4 is 0 Å². The van der Waals surface area contributed by atoms with Crippen molar-refractivity contribution in [1.82, 2.24) is 4.98 Å². The number of aromatic nitrogens is 1. The molecule has 0 aliphatic heterocycles. The molecule has 0 aliphatic carbocycles. The summed E-state index contributed by atoms with van der Waals surface area (Å²) in [5.74, 6) is 5.30. The van der Waals surface area contributed by atoms with Gasteiger partial charge < -0.3 is 0 Å². The first-order valence-electron chi connectivity index (χ1n) is 3.16. The Balaban J connectivity index is 2.87. The molecule has 1 aromatic rings. The predicted molar refractivity (Wildman–Crippen MR) is 47.8 cm³/mol. The molecule has 0 saturated heterocycles. The van der Waals surface area contributed by atoms with Gasteiger partial charge in [-0.15, -0.1) is 11.3 Å². The molecule has 1 heterocycles. The number of nitrogens with zero attached hydrogens (tertiary/aromatic N) is 1. The smallest absolute Gasteiger partial charge is 0.223 e. The predicted octanol–water partition coefficient (Wildman–Crippen LogP) is 2.44. The van der Waals surface area contributed by atoms with Gasteiger partial charge in [-0.3, -0.25) is 0 Å². The third-order valence-electron chi connectivity index (χ3n) is 1.07. The largest absolute Gasteiger partial charge is 0.434 e. The number of rotatable bonds is 0. The SMILES string of the molecule is FC(F)(F)c1csc(C#CCS)n1. The highest BCUT2D eigenvalue weighted by molar-refractivity contribution is 7.80. The second-order valence-corrected chi connectivity index (χ2v) is 3.17. The van der Waals surface area contributed by atoms with Crippen LogP contribution in [0.4, 0.5) is 13.2 Å². The van der Waals surface area contributed by atoms with Crippen molar-refractivity contribution in [3.63, 3.8) is 0 Å². The number of thiol groups is 1. The molecular formula is C7H4F3NS2. The van der Waals surface area contributed by atoms with E-state index in [1.165, 1.54) is 0 Å². The summed E-state index contributed by atoms with van der Waals surface area (Å²) in [6, 6.07) is 0. The van der Waals surface area contributed by atoms with E-state index in [0.29, 0.717) is 5.75 Å². The normalized spacial score (nSPS) is 10.8. The number of thiazole rings is 1. The summed E-state index contributed by atoms with van der Waals surface area (Å²) in [6.07, 6.45) is -4.38. The van der Waals surface area contributed by atoms with Crippen molar-refractivity contribution in [2.45, 2.75) is 6.18 Å².